The van der Waals surface area contributed by atoms with Crippen LogP contribution in [0.2, 0.25) is 0 Å². The first kappa shape index (κ1) is 17.0. The van der Waals surface area contributed by atoms with E-state index in [1.54, 1.807) is 0 Å². The third-order valence-corrected chi connectivity index (χ3v) is 4.19. The monoisotopic (exact) mass is 339 g/mol. The largest absolute Gasteiger partial charge is 0.493 e. The van der Waals surface area contributed by atoms with Gasteiger partial charge in [-0.2, -0.15) is 0 Å². The Labute approximate surface area is 146 Å². The van der Waals surface area contributed by atoms with E-state index < -0.39 is 18.0 Å². The van der Waals surface area contributed by atoms with Gasteiger partial charge in [0.2, 0.25) is 5.91 Å². The Morgan fingerprint density at radius 2 is 1.80 bits per heavy atom. The number of nitrogens with one attached hydrogen (secondary N) is 3. The molecule has 130 valence electrons. The van der Waals surface area contributed by atoms with E-state index >= 15 is 0 Å². The highest BCUT2D eigenvalue weighted by molar-refractivity contribution is 5.97. The molecule has 25 heavy (non-hydrogen) atoms. The Balaban J connectivity index is 1.86. The molecule has 2 atom stereocenters. The first-order valence-electron chi connectivity index (χ1n) is 8.24. The number of benzene rings is 2. The average molecular weight is 339 g/mol. The molecule has 2 aromatic carbocycles. The van der Waals surface area contributed by atoms with Gasteiger partial charge in [0, 0.05) is 25.1 Å². The lowest BCUT2D eigenvalue weighted by Crippen LogP contribution is -2.45. The molecule has 0 unspecified atom stereocenters. The number of urea groups is 1. The predicted octanol–water partition coefficient (Wildman–Crippen LogP) is 2.30. The molecule has 0 radical (unpaired) electrons. The summed E-state index contributed by atoms with van der Waals surface area (Å²) in [7, 11) is 1.47. The van der Waals surface area contributed by atoms with Gasteiger partial charge in [-0.3, -0.25) is 15.4 Å². The summed E-state index contributed by atoms with van der Waals surface area (Å²) in [5.74, 6) is 0.430. The predicted molar refractivity (Wildman–Crippen MR) is 94.2 cm³/mol. The molecule has 0 saturated heterocycles. The highest BCUT2D eigenvalue weighted by Crippen LogP contribution is 2.33. The van der Waals surface area contributed by atoms with Crippen molar-refractivity contribution >= 4 is 11.9 Å². The summed E-state index contributed by atoms with van der Waals surface area (Å²) in [6.07, 6.45) is 0.744. The summed E-state index contributed by atoms with van der Waals surface area (Å²) in [5.41, 5.74) is 1.82. The van der Waals surface area contributed by atoms with Crippen molar-refractivity contribution in [2.45, 2.75) is 18.5 Å². The molecule has 3 rings (SSSR count). The Bertz CT molecular complexity index is 749. The van der Waals surface area contributed by atoms with Crippen molar-refractivity contribution in [3.63, 3.8) is 0 Å². The number of carbonyl (C=O) groups is 2. The molecule has 0 aliphatic carbocycles. The third-order valence-electron chi connectivity index (χ3n) is 4.19. The van der Waals surface area contributed by atoms with Crippen LogP contribution in [-0.2, 0) is 4.79 Å². The van der Waals surface area contributed by atoms with Crippen LogP contribution >= 0.6 is 0 Å². The molecule has 1 aliphatic heterocycles. The van der Waals surface area contributed by atoms with Crippen molar-refractivity contribution in [1.29, 1.82) is 0 Å². The second-order valence-electron chi connectivity index (χ2n) is 5.81. The van der Waals surface area contributed by atoms with Gasteiger partial charge in [-0.15, -0.1) is 0 Å². The van der Waals surface area contributed by atoms with Crippen molar-refractivity contribution in [2.24, 2.45) is 0 Å². The van der Waals surface area contributed by atoms with Crippen molar-refractivity contribution < 1.29 is 14.3 Å². The topological polar surface area (TPSA) is 79.5 Å². The second-order valence-corrected chi connectivity index (χ2v) is 5.81. The van der Waals surface area contributed by atoms with Crippen molar-refractivity contribution in [3.8, 4) is 5.75 Å². The number of hydrogen-bond donors (Lipinski definition) is 3. The van der Waals surface area contributed by atoms with Crippen LogP contribution in [-0.4, -0.2) is 25.6 Å². The van der Waals surface area contributed by atoms with Crippen LogP contribution in [0.3, 0.4) is 0 Å². The van der Waals surface area contributed by atoms with Gasteiger partial charge in [0.1, 0.15) is 11.8 Å². The van der Waals surface area contributed by atoms with Crippen molar-refractivity contribution in [1.82, 2.24) is 16.0 Å². The van der Waals surface area contributed by atoms with E-state index in [9.17, 15) is 9.59 Å². The number of ether oxygens (including phenoxy) is 1. The lowest BCUT2D eigenvalue weighted by Gasteiger charge is -2.30. The smallest absolute Gasteiger partial charge is 0.321 e. The fourth-order valence-electron chi connectivity index (χ4n) is 2.93. The molecule has 3 N–H and O–H groups in total. The van der Waals surface area contributed by atoms with Crippen LogP contribution in [0.25, 0.3) is 0 Å². The molecule has 0 saturated carbocycles. The van der Waals surface area contributed by atoms with E-state index in [0.29, 0.717) is 6.61 Å². The summed E-state index contributed by atoms with van der Waals surface area (Å²) >= 11 is 0. The number of hydrogen-bond acceptors (Lipinski definition) is 4. The standard InChI is InChI=1S/C19H21N3O3/c1-20-19(24)22-18(23)17(13-7-3-2-4-8-13)21-15-11-12-25-16-10-6-5-9-14(15)16/h2-10,15,17,21H,11-12H2,1H3,(H2,20,22,23,24)/t15-,17-/m0/s1. The number of rotatable bonds is 4. The summed E-state index contributed by atoms with van der Waals surface area (Å²) in [4.78, 5) is 24.2. The normalized spacial score (nSPS) is 16.9. The second kappa shape index (κ2) is 7.81. The van der Waals surface area contributed by atoms with E-state index in [4.69, 9.17) is 4.74 Å². The summed E-state index contributed by atoms with van der Waals surface area (Å²) in [5, 5.41) is 8.15. The minimum absolute atomic E-state index is 0.0365. The molecule has 1 aliphatic rings. The molecule has 0 aromatic heterocycles. The number of fused-ring (bicyclic) bond motifs is 1. The van der Waals surface area contributed by atoms with Gasteiger partial charge < -0.3 is 10.1 Å². The molecule has 6 heteroatoms. The minimum atomic E-state index is -0.644. The van der Waals surface area contributed by atoms with Crippen LogP contribution in [0, 0.1) is 0 Å². The Morgan fingerprint density at radius 1 is 1.08 bits per heavy atom. The Morgan fingerprint density at radius 3 is 2.56 bits per heavy atom. The van der Waals surface area contributed by atoms with Crippen LogP contribution in [0.1, 0.15) is 29.6 Å². The van der Waals surface area contributed by atoms with E-state index in [2.05, 4.69) is 16.0 Å². The molecule has 2 aromatic rings. The van der Waals surface area contributed by atoms with Gasteiger partial charge >= 0.3 is 6.03 Å². The first-order chi connectivity index (χ1) is 12.2. The maximum Gasteiger partial charge on any atom is 0.321 e. The van der Waals surface area contributed by atoms with E-state index in [-0.39, 0.29) is 6.04 Å². The maximum atomic E-state index is 12.6. The lowest BCUT2D eigenvalue weighted by molar-refractivity contribution is -0.122. The van der Waals surface area contributed by atoms with Crippen molar-refractivity contribution in [2.75, 3.05) is 13.7 Å². The zero-order valence-electron chi connectivity index (χ0n) is 14.0. The minimum Gasteiger partial charge on any atom is -0.493 e. The number of para-hydroxylation sites is 1. The fourth-order valence-corrected chi connectivity index (χ4v) is 2.93. The summed E-state index contributed by atoms with van der Waals surface area (Å²) in [6, 6.07) is 15.9. The van der Waals surface area contributed by atoms with Gasteiger partial charge in [0.05, 0.1) is 6.61 Å². The third kappa shape index (κ3) is 3.97. The van der Waals surface area contributed by atoms with Gasteiger partial charge in [0.15, 0.2) is 0 Å². The van der Waals surface area contributed by atoms with Gasteiger partial charge in [-0.05, 0) is 11.6 Å². The highest BCUT2D eigenvalue weighted by Gasteiger charge is 2.28. The molecule has 3 amide bonds. The molecular weight excluding hydrogens is 318 g/mol. The molecular formula is C19H21N3O3. The molecule has 1 heterocycles. The van der Waals surface area contributed by atoms with Gasteiger partial charge in [0.25, 0.3) is 0 Å². The zero-order chi connectivity index (χ0) is 17.6. The molecule has 0 spiro atoms. The number of amides is 3. The molecule has 6 nitrogen and oxygen atoms in total. The molecule has 0 bridgehead atoms. The quantitative estimate of drug-likeness (QED) is 0.798. The van der Waals surface area contributed by atoms with Crippen molar-refractivity contribution in [3.05, 3.63) is 65.7 Å². The average Bonchev–Trinajstić information content (AvgIpc) is 2.66. The van der Waals surface area contributed by atoms with Crippen LogP contribution in [0.5, 0.6) is 5.75 Å². The highest BCUT2D eigenvalue weighted by atomic mass is 16.5. The Kier molecular flexibility index (Phi) is 5.30. The lowest BCUT2D eigenvalue weighted by atomic mass is 9.97. The van der Waals surface area contributed by atoms with E-state index in [0.717, 1.165) is 23.3 Å². The van der Waals surface area contributed by atoms with Gasteiger partial charge in [-0.25, -0.2) is 4.79 Å². The Hall–Kier alpha value is -2.86. The SMILES string of the molecule is CNC(=O)NC(=O)[C@@H](N[C@H]1CCOc2ccccc21)c1ccccc1. The number of carbonyl (C=O) groups excluding carboxylic acids is 2. The first-order valence-corrected chi connectivity index (χ1v) is 8.24. The van der Waals surface area contributed by atoms with Gasteiger partial charge in [-0.1, -0.05) is 48.5 Å². The summed E-state index contributed by atoms with van der Waals surface area (Å²) < 4.78 is 5.68. The molecule has 0 fully saturated rings. The zero-order valence-corrected chi connectivity index (χ0v) is 14.0. The van der Waals surface area contributed by atoms with E-state index in [1.165, 1.54) is 7.05 Å². The maximum absolute atomic E-state index is 12.6. The number of imide groups is 1. The van der Waals surface area contributed by atoms with Crippen LogP contribution < -0.4 is 20.7 Å². The summed E-state index contributed by atoms with van der Waals surface area (Å²) in [6.45, 7) is 0.577. The fraction of sp³-hybridized carbons (Fsp3) is 0.263. The van der Waals surface area contributed by atoms with Crippen LogP contribution in [0.4, 0.5) is 4.79 Å². The van der Waals surface area contributed by atoms with Crippen LogP contribution in [0.15, 0.2) is 54.6 Å². The van der Waals surface area contributed by atoms with E-state index in [1.807, 2.05) is 54.6 Å².